The summed E-state index contributed by atoms with van der Waals surface area (Å²) in [6, 6.07) is 0. The van der Waals surface area contributed by atoms with Gasteiger partial charge < -0.3 is 15.5 Å². The summed E-state index contributed by atoms with van der Waals surface area (Å²) in [5.74, 6) is -1.84. The minimum absolute atomic E-state index is 0.104. The number of nitrogens with one attached hydrogen (secondary N) is 1. The van der Waals surface area contributed by atoms with E-state index in [0.717, 1.165) is 25.7 Å². The Morgan fingerprint density at radius 2 is 1.81 bits per heavy atom. The number of amides is 1. The second-order valence-corrected chi connectivity index (χ2v) is 14.4. The molecule has 4 rings (SSSR count). The van der Waals surface area contributed by atoms with Gasteiger partial charge in [0.15, 0.2) is 0 Å². The highest BCUT2D eigenvalue weighted by Gasteiger charge is 2.64. The fourth-order valence-electron chi connectivity index (χ4n) is 9.41. The Balaban J connectivity index is 1.55. The Kier molecular flexibility index (Phi) is 6.44. The zero-order valence-corrected chi connectivity index (χ0v) is 22.8. The maximum Gasteiger partial charge on any atom is 0.266 e. The van der Waals surface area contributed by atoms with Gasteiger partial charge in [-0.2, -0.15) is 8.42 Å². The molecule has 4 fully saturated rings. The molecule has 0 bridgehead atoms. The Bertz CT molecular complexity index is 1090. The lowest BCUT2D eigenvalue weighted by molar-refractivity contribution is -0.203. The molecule has 4 saturated carbocycles. The maximum absolute atomic E-state index is 12.3. The molecule has 0 aromatic rings. The summed E-state index contributed by atoms with van der Waals surface area (Å²) in [5.41, 5.74) is -0.505. The van der Waals surface area contributed by atoms with E-state index >= 15 is 0 Å². The average molecular weight is 533 g/mol. The van der Waals surface area contributed by atoms with Crippen LogP contribution in [0.15, 0.2) is 0 Å². The smallest absolute Gasteiger partial charge is 0.266 e. The van der Waals surface area contributed by atoms with E-state index < -0.39 is 53.1 Å². The van der Waals surface area contributed by atoms with Gasteiger partial charge in [-0.25, -0.2) is 0 Å². The molecule has 4 aliphatic carbocycles. The highest BCUT2D eigenvalue weighted by molar-refractivity contribution is 7.85. The summed E-state index contributed by atoms with van der Waals surface area (Å²) in [5, 5.41) is 25.1. The predicted molar refractivity (Wildman–Crippen MR) is 140 cm³/mol. The van der Waals surface area contributed by atoms with E-state index in [1.807, 2.05) is 0 Å². The fourth-order valence-corrected chi connectivity index (χ4v) is 9.77. The van der Waals surface area contributed by atoms with Crippen molar-refractivity contribution in [1.82, 2.24) is 5.32 Å². The Morgan fingerprint density at radius 3 is 2.50 bits per heavy atom. The van der Waals surface area contributed by atoms with E-state index in [0.29, 0.717) is 25.7 Å². The first-order valence-electron chi connectivity index (χ1n) is 16.3. The van der Waals surface area contributed by atoms with Crippen LogP contribution in [0.4, 0.5) is 0 Å². The monoisotopic (exact) mass is 532 g/mol. The van der Waals surface area contributed by atoms with Crippen molar-refractivity contribution in [2.24, 2.45) is 52.3 Å². The Hall–Kier alpha value is -0.700. The minimum atomic E-state index is -4.14. The largest absolute Gasteiger partial charge is 0.393 e. The number of carbonyl (C=O) groups is 1. The standard InChI is InChI=1S/C28H49NO6S/c1-5-19-23-16-18(30)10-12-28(23,4)22-11-13-27(3)20(7-8-21(27)25(22)26(19)32)17(2)6-9-24(31)29-14-15-36(33,34)35/h17-23,25-26,30,32H,5-16H2,1-4H3,(H,29,31)(H,33,34,35)/t17-,18-,19-,20-,21+,22+,23+,25+,26-,27-,28-/m1/s1/i1D3,5D2. The normalized spacial score (nSPS) is 48.1. The number of hydrogen-bond acceptors (Lipinski definition) is 5. The van der Waals surface area contributed by atoms with E-state index in [4.69, 9.17) is 11.4 Å². The molecule has 0 radical (unpaired) electrons. The lowest BCUT2D eigenvalue weighted by atomic mass is 9.41. The maximum atomic E-state index is 12.3. The van der Waals surface area contributed by atoms with Gasteiger partial charge >= 0.3 is 0 Å². The van der Waals surface area contributed by atoms with Gasteiger partial charge in [0.1, 0.15) is 0 Å². The van der Waals surface area contributed by atoms with Gasteiger partial charge in [-0.05, 0) is 104 Å². The van der Waals surface area contributed by atoms with E-state index in [9.17, 15) is 23.4 Å². The van der Waals surface area contributed by atoms with Crippen LogP contribution >= 0.6 is 0 Å². The molecule has 4 aliphatic rings. The first kappa shape index (κ1) is 22.2. The molecule has 7 nitrogen and oxygen atoms in total. The van der Waals surface area contributed by atoms with Crippen molar-refractivity contribution in [3.63, 3.8) is 0 Å². The van der Waals surface area contributed by atoms with Crippen molar-refractivity contribution in [3.05, 3.63) is 0 Å². The third-order valence-electron chi connectivity index (χ3n) is 11.2. The summed E-state index contributed by atoms with van der Waals surface area (Å²) in [6.45, 7) is 3.49. The van der Waals surface area contributed by atoms with E-state index in [1.165, 1.54) is 0 Å². The fraction of sp³-hybridized carbons (Fsp3) is 0.964. The SMILES string of the molecule is [2H]C([2H])([2H])C([2H])([2H])[C@H]1[C@@H](O)[C@@H]2[C@H](CC[C@]3(C)[C@@H]([C@H](C)CCC(=O)NCCS(=O)(=O)O)CC[C@@H]23)[C@@]2(C)CC[C@@H](O)C[C@@H]12. The Morgan fingerprint density at radius 1 is 1.11 bits per heavy atom. The van der Waals surface area contributed by atoms with Gasteiger partial charge in [-0.3, -0.25) is 9.35 Å². The van der Waals surface area contributed by atoms with Gasteiger partial charge in [0.05, 0.1) is 18.0 Å². The van der Waals surface area contributed by atoms with Crippen molar-refractivity contribution in [2.75, 3.05) is 12.3 Å². The number of fused-ring (bicyclic) bond motifs is 5. The van der Waals surface area contributed by atoms with Crippen molar-refractivity contribution < 1.29 is 34.8 Å². The topological polar surface area (TPSA) is 124 Å². The predicted octanol–water partition coefficient (Wildman–Crippen LogP) is 4.03. The average Bonchev–Trinajstić information content (AvgIpc) is 3.19. The first-order valence-corrected chi connectivity index (χ1v) is 15.4. The number of aliphatic hydroxyl groups is 2. The lowest BCUT2D eigenvalue weighted by Gasteiger charge is -2.64. The summed E-state index contributed by atoms with van der Waals surface area (Å²) < 4.78 is 72.4. The second kappa shape index (κ2) is 10.5. The second-order valence-electron chi connectivity index (χ2n) is 12.9. The molecular formula is C28H49NO6S. The van der Waals surface area contributed by atoms with Crippen LogP contribution < -0.4 is 5.32 Å². The van der Waals surface area contributed by atoms with Crippen molar-refractivity contribution in [3.8, 4) is 0 Å². The van der Waals surface area contributed by atoms with Gasteiger partial charge in [-0.1, -0.05) is 34.0 Å². The lowest BCUT2D eigenvalue weighted by Crippen LogP contribution is -2.62. The third kappa shape index (κ3) is 5.13. The van der Waals surface area contributed by atoms with Crippen molar-refractivity contribution >= 4 is 16.0 Å². The van der Waals surface area contributed by atoms with Crippen LogP contribution in [0.1, 0.15) is 98.6 Å². The highest BCUT2D eigenvalue weighted by Crippen LogP contribution is 2.69. The van der Waals surface area contributed by atoms with Gasteiger partial charge in [0.2, 0.25) is 5.91 Å². The molecular weight excluding hydrogens is 478 g/mol. The minimum Gasteiger partial charge on any atom is -0.393 e. The highest BCUT2D eigenvalue weighted by atomic mass is 32.2. The Labute approximate surface area is 225 Å². The van der Waals surface area contributed by atoms with Crippen LogP contribution in [0.5, 0.6) is 0 Å². The van der Waals surface area contributed by atoms with Gasteiger partial charge in [0, 0.05) is 19.8 Å². The third-order valence-corrected chi connectivity index (χ3v) is 11.9. The van der Waals surface area contributed by atoms with Crippen LogP contribution in [0.25, 0.3) is 0 Å². The van der Waals surface area contributed by atoms with E-state index in [1.54, 1.807) is 0 Å². The molecule has 0 unspecified atom stereocenters. The van der Waals surface area contributed by atoms with Gasteiger partial charge in [-0.15, -0.1) is 0 Å². The number of carbonyl (C=O) groups excluding carboxylic acids is 1. The van der Waals surface area contributed by atoms with E-state index in [2.05, 4.69) is 26.1 Å². The molecule has 0 aromatic heterocycles. The molecule has 8 heteroatoms. The summed E-state index contributed by atoms with van der Waals surface area (Å²) in [4.78, 5) is 12.3. The molecule has 0 saturated heterocycles. The summed E-state index contributed by atoms with van der Waals surface area (Å²) in [6.07, 6.45) is 1.70. The molecule has 11 atom stereocenters. The number of hydrogen-bond donors (Lipinski definition) is 4. The van der Waals surface area contributed by atoms with Crippen LogP contribution in [0, 0.1) is 52.3 Å². The molecule has 0 spiro atoms. The van der Waals surface area contributed by atoms with Crippen molar-refractivity contribution in [2.45, 2.75) is 104 Å². The quantitative estimate of drug-likeness (QED) is 0.350. The molecule has 36 heavy (non-hydrogen) atoms. The number of rotatable bonds is 8. The summed E-state index contributed by atoms with van der Waals surface area (Å²) in [7, 11) is -4.14. The number of aliphatic hydroxyl groups excluding tert-OH is 2. The van der Waals surface area contributed by atoms with Crippen LogP contribution in [0.2, 0.25) is 0 Å². The molecule has 4 N–H and O–H groups in total. The van der Waals surface area contributed by atoms with Crippen LogP contribution in [-0.4, -0.2) is 53.6 Å². The van der Waals surface area contributed by atoms with Gasteiger partial charge in [0.25, 0.3) is 10.1 Å². The van der Waals surface area contributed by atoms with Crippen molar-refractivity contribution in [1.29, 1.82) is 0 Å². The zero-order valence-electron chi connectivity index (χ0n) is 26.9. The molecule has 0 aliphatic heterocycles. The van der Waals surface area contributed by atoms with E-state index in [-0.39, 0.29) is 59.3 Å². The van der Waals surface area contributed by atoms with Crippen LogP contribution in [-0.2, 0) is 14.9 Å². The molecule has 0 heterocycles. The molecule has 0 aromatic carbocycles. The molecule has 1 amide bonds. The zero-order chi connectivity index (χ0) is 30.8. The summed E-state index contributed by atoms with van der Waals surface area (Å²) >= 11 is 0. The molecule has 208 valence electrons. The first-order chi connectivity index (χ1) is 18.7. The van der Waals surface area contributed by atoms with Crippen LogP contribution in [0.3, 0.4) is 0 Å².